The van der Waals surface area contributed by atoms with Crippen LogP contribution in [0.3, 0.4) is 0 Å². The summed E-state index contributed by atoms with van der Waals surface area (Å²) in [5, 5.41) is 2.67. The highest BCUT2D eigenvalue weighted by molar-refractivity contribution is 6.28. The number of ether oxygens (including phenoxy) is 2. The monoisotopic (exact) mass is 691 g/mol. The van der Waals surface area contributed by atoms with E-state index in [1.807, 2.05) is 72.8 Å². The number of alkyl carbamates (subject to hydrolysis) is 1. The van der Waals surface area contributed by atoms with E-state index in [0.29, 0.717) is 24.3 Å². The van der Waals surface area contributed by atoms with Crippen molar-refractivity contribution >= 4 is 53.5 Å². The second-order valence-corrected chi connectivity index (χ2v) is 10.9. The molecule has 264 valence electrons. The Morgan fingerprint density at radius 2 is 1.12 bits per heavy atom. The van der Waals surface area contributed by atoms with E-state index in [2.05, 4.69) is 5.32 Å². The summed E-state index contributed by atoms with van der Waals surface area (Å²) in [5.41, 5.74) is 2.84. The first-order chi connectivity index (χ1) is 24.3. The Hall–Kier alpha value is -6.36. The number of carbonyl (C=O) groups is 6. The summed E-state index contributed by atoms with van der Waals surface area (Å²) < 4.78 is 10.2. The molecule has 2 aliphatic rings. The van der Waals surface area contributed by atoms with Crippen molar-refractivity contribution in [1.29, 1.82) is 0 Å². The Kier molecular flexibility index (Phi) is 16.0. The molecule has 1 N–H and O–H groups in total. The number of imide groups is 2. The molecule has 0 bridgehead atoms. The molecule has 2 heterocycles. The fourth-order valence-electron chi connectivity index (χ4n) is 4.69. The smallest absolute Gasteiger partial charge is 0.407 e. The molecular weight excluding hydrogens is 650 g/mol. The molecule has 51 heavy (non-hydrogen) atoms. The van der Waals surface area contributed by atoms with Crippen molar-refractivity contribution in [3.05, 3.63) is 138 Å². The molecule has 0 aliphatic carbocycles. The predicted octanol–water partition coefficient (Wildman–Crippen LogP) is 6.14. The summed E-state index contributed by atoms with van der Waals surface area (Å²) >= 11 is 0. The number of hydrogen-bond donors (Lipinski definition) is 1. The van der Waals surface area contributed by atoms with Gasteiger partial charge in [-0.2, -0.15) is 0 Å². The summed E-state index contributed by atoms with van der Waals surface area (Å²) in [7, 11) is 0. The molecule has 11 heteroatoms. The Morgan fingerprint density at radius 1 is 0.608 bits per heavy atom. The third kappa shape index (κ3) is 12.9. The van der Waals surface area contributed by atoms with E-state index in [1.54, 1.807) is 24.3 Å². The third-order valence-corrected chi connectivity index (χ3v) is 7.24. The van der Waals surface area contributed by atoms with Gasteiger partial charge in [-0.3, -0.25) is 24.1 Å². The highest BCUT2D eigenvalue weighted by Gasteiger charge is 2.25. The first-order valence-electron chi connectivity index (χ1n) is 16.0. The van der Waals surface area contributed by atoms with Crippen LogP contribution < -0.4 is 10.2 Å². The Balaban J connectivity index is 0.000000270. The van der Waals surface area contributed by atoms with Crippen molar-refractivity contribution < 1.29 is 38.2 Å². The SMILES string of the molecule is C.O=C(NCCCCCN1C(=O)C=CC1=O)OC/C=C/c1ccccc1.O=C(OC/C=C/c1ccccc1)c1ccc(N2C(=O)C=CC2=O)cc1. The topological polar surface area (TPSA) is 139 Å². The van der Waals surface area contributed by atoms with Crippen LogP contribution in [0.4, 0.5) is 10.5 Å². The number of esters is 1. The summed E-state index contributed by atoms with van der Waals surface area (Å²) in [6.45, 7) is 1.29. The number of carbonyl (C=O) groups excluding carboxylic acids is 6. The maximum absolute atomic E-state index is 12.0. The minimum Gasteiger partial charge on any atom is -0.458 e. The summed E-state index contributed by atoms with van der Waals surface area (Å²) in [4.78, 5) is 71.7. The zero-order valence-corrected chi connectivity index (χ0v) is 27.3. The molecule has 3 aromatic rings. The second kappa shape index (κ2) is 20.9. The number of benzene rings is 3. The van der Waals surface area contributed by atoms with Gasteiger partial charge in [-0.05, 0) is 66.8 Å². The minimum absolute atomic E-state index is 0. The van der Waals surface area contributed by atoms with Gasteiger partial charge in [-0.1, -0.05) is 80.2 Å². The zero-order valence-electron chi connectivity index (χ0n) is 27.3. The van der Waals surface area contributed by atoms with Crippen molar-refractivity contribution in [2.75, 3.05) is 31.2 Å². The highest BCUT2D eigenvalue weighted by Crippen LogP contribution is 2.20. The normalized spacial score (nSPS) is 13.4. The van der Waals surface area contributed by atoms with E-state index >= 15 is 0 Å². The highest BCUT2D eigenvalue weighted by atomic mass is 16.5. The number of nitrogens with one attached hydrogen (secondary N) is 1. The largest absolute Gasteiger partial charge is 0.458 e. The number of unbranched alkanes of at least 4 members (excludes halogenated alkanes) is 2. The second-order valence-electron chi connectivity index (χ2n) is 10.9. The Morgan fingerprint density at radius 3 is 1.67 bits per heavy atom. The third-order valence-electron chi connectivity index (χ3n) is 7.24. The zero-order chi connectivity index (χ0) is 35.6. The molecule has 0 aromatic heterocycles. The van der Waals surface area contributed by atoms with Crippen molar-refractivity contribution in [2.45, 2.75) is 26.7 Å². The van der Waals surface area contributed by atoms with Gasteiger partial charge in [-0.15, -0.1) is 0 Å². The number of nitrogens with zero attached hydrogens (tertiary/aromatic N) is 2. The fraction of sp³-hybridized carbons (Fsp3) is 0.200. The average Bonchev–Trinajstić information content (AvgIpc) is 3.65. The molecule has 5 rings (SSSR count). The van der Waals surface area contributed by atoms with Crippen LogP contribution in [0.1, 0.15) is 48.2 Å². The Labute approximate surface area is 297 Å². The van der Waals surface area contributed by atoms with Crippen LogP contribution in [-0.2, 0) is 28.7 Å². The predicted molar refractivity (Wildman–Crippen MR) is 195 cm³/mol. The standard InChI is InChI=1S/C20H15NO4.C19H22N2O4.CH4/c22-18-12-13-19(23)21(18)17-10-8-16(9-11-17)20(24)25-14-4-7-15-5-2-1-3-6-15;22-17-11-12-18(23)21(17)14-6-2-5-13-20-19(24)25-15-7-10-16-8-3-1-4-9-16;/h1-13H,14H2;1,3-4,7-12H,2,5-6,13-15H2,(H,20,24);1H4/b7-4+;10-7+;. The minimum atomic E-state index is -0.471. The van der Waals surface area contributed by atoms with Crippen LogP contribution in [0, 0.1) is 0 Å². The lowest BCUT2D eigenvalue weighted by Crippen LogP contribution is -2.31. The molecule has 0 radical (unpaired) electrons. The lowest BCUT2D eigenvalue weighted by atomic mass is 10.2. The number of rotatable bonds is 14. The summed E-state index contributed by atoms with van der Waals surface area (Å²) in [6, 6.07) is 25.6. The van der Waals surface area contributed by atoms with E-state index in [0.717, 1.165) is 35.3 Å². The summed E-state index contributed by atoms with van der Waals surface area (Å²) in [6.07, 6.45) is 14.1. The molecule has 0 fully saturated rings. The van der Waals surface area contributed by atoms with Gasteiger partial charge in [0.1, 0.15) is 13.2 Å². The van der Waals surface area contributed by atoms with E-state index in [-0.39, 0.29) is 32.5 Å². The number of anilines is 1. The van der Waals surface area contributed by atoms with Gasteiger partial charge in [-0.25, -0.2) is 14.5 Å². The fourth-order valence-corrected chi connectivity index (χ4v) is 4.69. The van der Waals surface area contributed by atoms with Crippen molar-refractivity contribution in [1.82, 2.24) is 10.2 Å². The molecule has 11 nitrogen and oxygen atoms in total. The van der Waals surface area contributed by atoms with Crippen molar-refractivity contribution in [3.8, 4) is 0 Å². The van der Waals surface area contributed by atoms with E-state index in [1.165, 1.54) is 41.3 Å². The molecule has 5 amide bonds. The first-order valence-corrected chi connectivity index (χ1v) is 16.0. The van der Waals surface area contributed by atoms with E-state index < -0.39 is 23.9 Å². The van der Waals surface area contributed by atoms with Gasteiger partial charge in [0.2, 0.25) is 0 Å². The first kappa shape index (κ1) is 39.1. The average molecular weight is 692 g/mol. The molecule has 0 saturated carbocycles. The van der Waals surface area contributed by atoms with Gasteiger partial charge < -0.3 is 14.8 Å². The van der Waals surface area contributed by atoms with Gasteiger partial charge in [0, 0.05) is 37.4 Å². The maximum atomic E-state index is 12.0. The Bertz CT molecular complexity index is 1730. The van der Waals surface area contributed by atoms with Gasteiger partial charge in [0.15, 0.2) is 0 Å². The molecule has 0 atom stereocenters. The van der Waals surface area contributed by atoms with Gasteiger partial charge in [0.25, 0.3) is 23.6 Å². The van der Waals surface area contributed by atoms with Crippen LogP contribution >= 0.6 is 0 Å². The lowest BCUT2D eigenvalue weighted by molar-refractivity contribution is -0.137. The van der Waals surface area contributed by atoms with Crippen LogP contribution in [0.15, 0.2) is 121 Å². The quantitative estimate of drug-likeness (QED) is 0.121. The number of hydrogen-bond acceptors (Lipinski definition) is 8. The van der Waals surface area contributed by atoms with Gasteiger partial charge >= 0.3 is 12.1 Å². The molecule has 0 saturated heterocycles. The van der Waals surface area contributed by atoms with Crippen LogP contribution in [0.25, 0.3) is 12.2 Å². The lowest BCUT2D eigenvalue weighted by Gasteiger charge is -2.13. The van der Waals surface area contributed by atoms with Crippen molar-refractivity contribution in [2.24, 2.45) is 0 Å². The molecule has 0 spiro atoms. The van der Waals surface area contributed by atoms with Crippen LogP contribution in [-0.4, -0.2) is 66.9 Å². The maximum Gasteiger partial charge on any atom is 0.407 e. The molecular formula is C40H41N3O8. The molecule has 0 unspecified atom stereocenters. The number of amides is 5. The van der Waals surface area contributed by atoms with Crippen molar-refractivity contribution in [3.63, 3.8) is 0 Å². The van der Waals surface area contributed by atoms with E-state index in [9.17, 15) is 28.8 Å². The van der Waals surface area contributed by atoms with E-state index in [4.69, 9.17) is 9.47 Å². The van der Waals surface area contributed by atoms with Crippen LogP contribution in [0.5, 0.6) is 0 Å². The summed E-state index contributed by atoms with van der Waals surface area (Å²) in [5.74, 6) is -1.77. The van der Waals surface area contributed by atoms with Crippen LogP contribution in [0.2, 0.25) is 0 Å². The molecule has 2 aliphatic heterocycles. The van der Waals surface area contributed by atoms with Gasteiger partial charge in [0.05, 0.1) is 11.3 Å². The molecule has 3 aromatic carbocycles.